The maximum absolute atomic E-state index is 12.1. The van der Waals surface area contributed by atoms with Crippen LogP contribution in [-0.2, 0) is 0 Å². The zero-order chi connectivity index (χ0) is 13.0. The van der Waals surface area contributed by atoms with Crippen molar-refractivity contribution in [3.05, 3.63) is 46.0 Å². The van der Waals surface area contributed by atoms with Crippen LogP contribution in [0.3, 0.4) is 0 Å². The van der Waals surface area contributed by atoms with Gasteiger partial charge in [-0.3, -0.25) is 9.20 Å². The Morgan fingerprint density at radius 3 is 2.47 bits per heavy atom. The van der Waals surface area contributed by atoms with Crippen LogP contribution in [0.15, 0.2) is 29.2 Å². The van der Waals surface area contributed by atoms with Gasteiger partial charge in [-0.15, -0.1) is 0 Å². The molecule has 3 nitrogen and oxygen atoms in total. The molecule has 0 fully saturated rings. The maximum atomic E-state index is 12.1. The van der Waals surface area contributed by atoms with Crippen molar-refractivity contribution >= 4 is 5.65 Å². The van der Waals surface area contributed by atoms with Gasteiger partial charge < -0.3 is 0 Å². The van der Waals surface area contributed by atoms with Crippen molar-refractivity contribution < 1.29 is 0 Å². The van der Waals surface area contributed by atoms with Crippen LogP contribution in [0.5, 0.6) is 0 Å². The highest BCUT2D eigenvalue weighted by Crippen LogP contribution is 2.13. The molecule has 0 aromatic carbocycles. The first-order valence-electron chi connectivity index (χ1n) is 6.09. The highest BCUT2D eigenvalue weighted by atomic mass is 16.1. The SMILES string of the molecule is CC.Cc1nc2ccccn2c(=O)c1C(C)C. The van der Waals surface area contributed by atoms with Crippen molar-refractivity contribution in [1.82, 2.24) is 9.38 Å². The molecule has 0 spiro atoms. The third-order valence-corrected chi connectivity index (χ3v) is 2.54. The van der Waals surface area contributed by atoms with Gasteiger partial charge in [-0.2, -0.15) is 0 Å². The van der Waals surface area contributed by atoms with Gasteiger partial charge in [0.05, 0.1) is 0 Å². The fourth-order valence-corrected chi connectivity index (χ4v) is 1.88. The second kappa shape index (κ2) is 5.62. The molecular formula is C14H20N2O. The van der Waals surface area contributed by atoms with E-state index in [9.17, 15) is 4.79 Å². The lowest BCUT2D eigenvalue weighted by molar-refractivity contribution is 0.806. The van der Waals surface area contributed by atoms with Crippen LogP contribution < -0.4 is 5.56 Å². The van der Waals surface area contributed by atoms with Gasteiger partial charge in [0.25, 0.3) is 5.56 Å². The average Bonchev–Trinajstić information content (AvgIpc) is 2.31. The lowest BCUT2D eigenvalue weighted by Crippen LogP contribution is -2.22. The van der Waals surface area contributed by atoms with E-state index in [1.807, 2.05) is 52.8 Å². The summed E-state index contributed by atoms with van der Waals surface area (Å²) in [7, 11) is 0. The zero-order valence-corrected chi connectivity index (χ0v) is 11.2. The Labute approximate surface area is 102 Å². The standard InChI is InChI=1S/C12H14N2O.C2H6/c1-8(2)11-9(3)13-10-6-4-5-7-14(10)12(11)15;1-2/h4-8H,1-3H3;1-2H3. The lowest BCUT2D eigenvalue weighted by atomic mass is 10.0. The molecule has 92 valence electrons. The van der Waals surface area contributed by atoms with Gasteiger partial charge in [-0.25, -0.2) is 4.98 Å². The van der Waals surface area contributed by atoms with Crippen molar-refractivity contribution in [1.29, 1.82) is 0 Å². The predicted molar refractivity (Wildman–Crippen MR) is 71.6 cm³/mol. The third-order valence-electron chi connectivity index (χ3n) is 2.54. The van der Waals surface area contributed by atoms with E-state index in [1.54, 1.807) is 10.6 Å². The molecule has 2 heterocycles. The molecule has 0 amide bonds. The molecule has 2 aromatic rings. The summed E-state index contributed by atoms with van der Waals surface area (Å²) in [6.45, 7) is 9.92. The first-order chi connectivity index (χ1) is 8.11. The summed E-state index contributed by atoms with van der Waals surface area (Å²) in [4.78, 5) is 16.5. The number of fused-ring (bicyclic) bond motifs is 1. The number of nitrogens with zero attached hydrogens (tertiary/aromatic N) is 2. The van der Waals surface area contributed by atoms with E-state index in [0.717, 1.165) is 11.3 Å². The van der Waals surface area contributed by atoms with E-state index in [0.29, 0.717) is 5.65 Å². The molecule has 0 saturated heterocycles. The molecule has 0 unspecified atom stereocenters. The second-order valence-electron chi connectivity index (χ2n) is 4.00. The molecule has 0 aliphatic heterocycles. The van der Waals surface area contributed by atoms with Crippen LogP contribution in [0.1, 0.15) is 44.9 Å². The largest absolute Gasteiger partial charge is 0.269 e. The molecule has 0 aliphatic carbocycles. The summed E-state index contributed by atoms with van der Waals surface area (Å²) in [6.07, 6.45) is 1.76. The number of hydrogen-bond donors (Lipinski definition) is 0. The molecule has 0 saturated carbocycles. The van der Waals surface area contributed by atoms with E-state index >= 15 is 0 Å². The Morgan fingerprint density at radius 2 is 1.88 bits per heavy atom. The Hall–Kier alpha value is -1.64. The average molecular weight is 232 g/mol. The molecule has 17 heavy (non-hydrogen) atoms. The van der Waals surface area contributed by atoms with Gasteiger partial charge in [0.1, 0.15) is 5.65 Å². The first kappa shape index (κ1) is 13.4. The Morgan fingerprint density at radius 1 is 1.24 bits per heavy atom. The molecule has 0 atom stereocenters. The van der Waals surface area contributed by atoms with Crippen molar-refractivity contribution in [3.63, 3.8) is 0 Å². The number of rotatable bonds is 1. The third kappa shape index (κ3) is 2.54. The molecule has 2 aromatic heterocycles. The number of aromatic nitrogens is 2. The van der Waals surface area contributed by atoms with E-state index in [4.69, 9.17) is 0 Å². The van der Waals surface area contributed by atoms with E-state index in [-0.39, 0.29) is 11.5 Å². The van der Waals surface area contributed by atoms with Gasteiger partial charge in [-0.1, -0.05) is 33.8 Å². The molecule has 2 rings (SSSR count). The van der Waals surface area contributed by atoms with E-state index in [1.165, 1.54) is 0 Å². The van der Waals surface area contributed by atoms with Crippen LogP contribution in [0.2, 0.25) is 0 Å². The summed E-state index contributed by atoms with van der Waals surface area (Å²) in [5.74, 6) is 0.210. The van der Waals surface area contributed by atoms with Crippen molar-refractivity contribution in [3.8, 4) is 0 Å². The first-order valence-corrected chi connectivity index (χ1v) is 6.09. The number of aryl methyl sites for hydroxylation is 1. The van der Waals surface area contributed by atoms with Crippen LogP contribution in [0, 0.1) is 6.92 Å². The fraction of sp³-hybridized carbons (Fsp3) is 0.429. The molecule has 0 radical (unpaired) electrons. The number of pyridine rings is 1. The minimum Gasteiger partial charge on any atom is -0.269 e. The Balaban J connectivity index is 0.000000686. The fourth-order valence-electron chi connectivity index (χ4n) is 1.88. The monoisotopic (exact) mass is 232 g/mol. The quantitative estimate of drug-likeness (QED) is 0.757. The maximum Gasteiger partial charge on any atom is 0.261 e. The van der Waals surface area contributed by atoms with E-state index < -0.39 is 0 Å². The van der Waals surface area contributed by atoms with Crippen molar-refractivity contribution in [2.24, 2.45) is 0 Å². The summed E-state index contributed by atoms with van der Waals surface area (Å²) in [6, 6.07) is 5.57. The predicted octanol–water partition coefficient (Wildman–Crippen LogP) is 3.15. The van der Waals surface area contributed by atoms with Crippen LogP contribution in [0.4, 0.5) is 0 Å². The zero-order valence-electron chi connectivity index (χ0n) is 11.2. The Bertz CT molecular complexity index is 556. The molecule has 0 bridgehead atoms. The van der Waals surface area contributed by atoms with Gasteiger partial charge in [0.15, 0.2) is 0 Å². The highest BCUT2D eigenvalue weighted by molar-refractivity contribution is 5.40. The molecule has 0 aliphatic rings. The molecular weight excluding hydrogens is 212 g/mol. The van der Waals surface area contributed by atoms with Gasteiger partial charge in [0.2, 0.25) is 0 Å². The highest BCUT2D eigenvalue weighted by Gasteiger charge is 2.11. The van der Waals surface area contributed by atoms with E-state index in [2.05, 4.69) is 4.98 Å². The summed E-state index contributed by atoms with van der Waals surface area (Å²) in [5.41, 5.74) is 2.40. The Kier molecular flexibility index (Phi) is 4.44. The van der Waals surface area contributed by atoms with Gasteiger partial charge >= 0.3 is 0 Å². The van der Waals surface area contributed by atoms with Gasteiger partial charge in [0, 0.05) is 17.5 Å². The summed E-state index contributed by atoms with van der Waals surface area (Å²) in [5, 5.41) is 0. The summed E-state index contributed by atoms with van der Waals surface area (Å²) < 4.78 is 1.60. The second-order valence-corrected chi connectivity index (χ2v) is 4.00. The summed E-state index contributed by atoms with van der Waals surface area (Å²) >= 11 is 0. The lowest BCUT2D eigenvalue weighted by Gasteiger charge is -2.09. The topological polar surface area (TPSA) is 34.4 Å². The smallest absolute Gasteiger partial charge is 0.261 e. The molecule has 0 N–H and O–H groups in total. The molecule has 3 heteroatoms. The number of hydrogen-bond acceptors (Lipinski definition) is 2. The normalized spacial score (nSPS) is 10.2. The van der Waals surface area contributed by atoms with Crippen LogP contribution in [-0.4, -0.2) is 9.38 Å². The van der Waals surface area contributed by atoms with Crippen LogP contribution in [0.25, 0.3) is 5.65 Å². The van der Waals surface area contributed by atoms with Gasteiger partial charge in [-0.05, 0) is 25.0 Å². The van der Waals surface area contributed by atoms with Crippen LogP contribution >= 0.6 is 0 Å². The van der Waals surface area contributed by atoms with Crippen molar-refractivity contribution in [2.75, 3.05) is 0 Å². The van der Waals surface area contributed by atoms with Crippen molar-refractivity contribution in [2.45, 2.75) is 40.5 Å². The minimum atomic E-state index is 0.0492. The minimum absolute atomic E-state index is 0.0492.